The first-order valence-electron chi connectivity index (χ1n) is 6.28. The van der Waals surface area contributed by atoms with E-state index in [9.17, 15) is 0 Å². The van der Waals surface area contributed by atoms with Crippen LogP contribution in [0.3, 0.4) is 0 Å². The Hall–Kier alpha value is -0.990. The Morgan fingerprint density at radius 1 is 1.47 bits per heavy atom. The Labute approximate surface area is 106 Å². The minimum atomic E-state index is 0.130. The van der Waals surface area contributed by atoms with E-state index in [2.05, 4.69) is 23.6 Å². The van der Waals surface area contributed by atoms with Crippen molar-refractivity contribution in [3.63, 3.8) is 0 Å². The molecular weight excluding hydrogens is 232 g/mol. The average molecular weight is 249 g/mol. The summed E-state index contributed by atoms with van der Waals surface area (Å²) >= 11 is 6.11. The molecule has 0 aliphatic carbocycles. The van der Waals surface area contributed by atoms with Crippen molar-refractivity contribution in [1.82, 2.24) is 4.57 Å². The molecule has 0 spiro atoms. The molecule has 2 nitrogen and oxygen atoms in total. The largest absolute Gasteiger partial charge is 0.344 e. The maximum absolute atomic E-state index is 6.27. The summed E-state index contributed by atoms with van der Waals surface area (Å²) in [5.41, 5.74) is 10.3. The molecule has 90 valence electrons. The van der Waals surface area contributed by atoms with Crippen LogP contribution in [0.4, 0.5) is 0 Å². The van der Waals surface area contributed by atoms with E-state index in [1.165, 1.54) is 28.6 Å². The lowest BCUT2D eigenvalue weighted by Crippen LogP contribution is -2.10. The SMILES string of the molecule is CC[C@H](N)c1c2n(c3ccc(Cl)cc13)CCC2. The highest BCUT2D eigenvalue weighted by molar-refractivity contribution is 6.31. The molecule has 0 bridgehead atoms. The summed E-state index contributed by atoms with van der Waals surface area (Å²) in [5, 5.41) is 2.05. The lowest BCUT2D eigenvalue weighted by atomic mass is 10.00. The summed E-state index contributed by atoms with van der Waals surface area (Å²) in [6.45, 7) is 3.25. The molecule has 1 aromatic carbocycles. The van der Waals surface area contributed by atoms with Gasteiger partial charge in [-0.05, 0) is 43.0 Å². The lowest BCUT2D eigenvalue weighted by molar-refractivity contribution is 0.693. The van der Waals surface area contributed by atoms with Crippen LogP contribution in [0, 0.1) is 0 Å². The number of benzene rings is 1. The fraction of sp³-hybridized carbons (Fsp3) is 0.429. The first kappa shape index (κ1) is 11.1. The predicted octanol–water partition coefficient (Wildman–Crippen LogP) is 3.65. The van der Waals surface area contributed by atoms with Gasteiger partial charge in [0, 0.05) is 34.2 Å². The Morgan fingerprint density at radius 3 is 3.06 bits per heavy atom. The maximum Gasteiger partial charge on any atom is 0.0487 e. The van der Waals surface area contributed by atoms with Gasteiger partial charge in [-0.15, -0.1) is 0 Å². The standard InChI is InChI=1S/C14H17ClN2/c1-2-11(16)14-10-8-9(15)5-6-12(10)17-7-3-4-13(14)17/h5-6,8,11H,2-4,7,16H2,1H3/t11-/m0/s1. The van der Waals surface area contributed by atoms with Gasteiger partial charge < -0.3 is 10.3 Å². The van der Waals surface area contributed by atoms with E-state index in [0.29, 0.717) is 0 Å². The highest BCUT2D eigenvalue weighted by atomic mass is 35.5. The van der Waals surface area contributed by atoms with E-state index in [-0.39, 0.29) is 6.04 Å². The van der Waals surface area contributed by atoms with Crippen LogP contribution in [0.2, 0.25) is 5.02 Å². The zero-order valence-electron chi connectivity index (χ0n) is 10.0. The molecule has 1 aliphatic rings. The van der Waals surface area contributed by atoms with E-state index < -0.39 is 0 Å². The second-order valence-electron chi connectivity index (χ2n) is 4.79. The third-order valence-corrected chi connectivity index (χ3v) is 4.02. The first-order chi connectivity index (χ1) is 8.22. The van der Waals surface area contributed by atoms with Gasteiger partial charge in [-0.3, -0.25) is 0 Å². The van der Waals surface area contributed by atoms with Crippen LogP contribution in [0.5, 0.6) is 0 Å². The minimum Gasteiger partial charge on any atom is -0.344 e. The number of aryl methyl sites for hydroxylation is 1. The van der Waals surface area contributed by atoms with Crippen molar-refractivity contribution < 1.29 is 0 Å². The summed E-state index contributed by atoms with van der Waals surface area (Å²) in [4.78, 5) is 0. The number of nitrogens with two attached hydrogens (primary N) is 1. The Kier molecular flexibility index (Phi) is 2.64. The van der Waals surface area contributed by atoms with Crippen LogP contribution in [0.25, 0.3) is 10.9 Å². The second kappa shape index (κ2) is 4.04. The fourth-order valence-corrected chi connectivity index (χ4v) is 3.13. The summed E-state index contributed by atoms with van der Waals surface area (Å²) in [7, 11) is 0. The number of fused-ring (bicyclic) bond motifs is 3. The molecule has 3 rings (SSSR count). The minimum absolute atomic E-state index is 0.130. The fourth-order valence-electron chi connectivity index (χ4n) is 2.95. The number of aromatic nitrogens is 1. The second-order valence-corrected chi connectivity index (χ2v) is 5.23. The number of halogens is 1. The lowest BCUT2D eigenvalue weighted by Gasteiger charge is -2.10. The van der Waals surface area contributed by atoms with Gasteiger partial charge in [0.25, 0.3) is 0 Å². The normalized spacial score (nSPS) is 16.4. The topological polar surface area (TPSA) is 30.9 Å². The average Bonchev–Trinajstić information content (AvgIpc) is 2.87. The monoisotopic (exact) mass is 248 g/mol. The van der Waals surface area contributed by atoms with Crippen LogP contribution in [-0.4, -0.2) is 4.57 Å². The highest BCUT2D eigenvalue weighted by Crippen LogP contribution is 2.36. The Morgan fingerprint density at radius 2 is 2.29 bits per heavy atom. The molecule has 3 heteroatoms. The van der Waals surface area contributed by atoms with E-state index in [1.807, 2.05) is 6.07 Å². The molecule has 0 saturated heterocycles. The van der Waals surface area contributed by atoms with Crippen molar-refractivity contribution in [2.45, 2.75) is 38.8 Å². The molecule has 0 radical (unpaired) electrons. The van der Waals surface area contributed by atoms with E-state index in [0.717, 1.165) is 24.4 Å². The molecule has 2 aromatic rings. The van der Waals surface area contributed by atoms with Gasteiger partial charge in [0.05, 0.1) is 0 Å². The highest BCUT2D eigenvalue weighted by Gasteiger charge is 2.23. The molecule has 17 heavy (non-hydrogen) atoms. The van der Waals surface area contributed by atoms with Crippen LogP contribution < -0.4 is 5.73 Å². The Bertz CT molecular complexity index is 571. The van der Waals surface area contributed by atoms with Gasteiger partial charge in [-0.25, -0.2) is 0 Å². The smallest absolute Gasteiger partial charge is 0.0487 e. The number of hydrogen-bond acceptors (Lipinski definition) is 1. The molecule has 2 heterocycles. The van der Waals surface area contributed by atoms with Crippen molar-refractivity contribution in [3.05, 3.63) is 34.5 Å². The van der Waals surface area contributed by atoms with Crippen LogP contribution in [0.15, 0.2) is 18.2 Å². The number of nitrogens with zero attached hydrogens (tertiary/aromatic N) is 1. The molecule has 1 atom stereocenters. The third kappa shape index (κ3) is 1.59. The Balaban J connectivity index is 2.34. The van der Waals surface area contributed by atoms with Gasteiger partial charge in [-0.1, -0.05) is 18.5 Å². The molecule has 0 amide bonds. The number of hydrogen-bond donors (Lipinski definition) is 1. The van der Waals surface area contributed by atoms with E-state index >= 15 is 0 Å². The summed E-state index contributed by atoms with van der Waals surface area (Å²) in [5.74, 6) is 0. The van der Waals surface area contributed by atoms with E-state index in [1.54, 1.807) is 0 Å². The molecule has 0 unspecified atom stereocenters. The summed E-state index contributed by atoms with van der Waals surface area (Å²) < 4.78 is 2.41. The van der Waals surface area contributed by atoms with Crippen LogP contribution in [0.1, 0.15) is 37.1 Å². The van der Waals surface area contributed by atoms with Crippen LogP contribution in [-0.2, 0) is 13.0 Å². The van der Waals surface area contributed by atoms with Gasteiger partial charge in [-0.2, -0.15) is 0 Å². The van der Waals surface area contributed by atoms with Gasteiger partial charge in [0.2, 0.25) is 0 Å². The van der Waals surface area contributed by atoms with E-state index in [4.69, 9.17) is 17.3 Å². The summed E-state index contributed by atoms with van der Waals surface area (Å²) in [6.07, 6.45) is 3.35. The van der Waals surface area contributed by atoms with Crippen molar-refractivity contribution >= 4 is 22.5 Å². The zero-order valence-corrected chi connectivity index (χ0v) is 10.8. The predicted molar refractivity (Wildman–Crippen MR) is 72.5 cm³/mol. The molecule has 0 saturated carbocycles. The summed E-state index contributed by atoms with van der Waals surface area (Å²) in [6, 6.07) is 6.28. The van der Waals surface area contributed by atoms with Gasteiger partial charge in [0.1, 0.15) is 0 Å². The molecule has 1 aromatic heterocycles. The number of rotatable bonds is 2. The molecular formula is C14H17ClN2. The van der Waals surface area contributed by atoms with Gasteiger partial charge >= 0.3 is 0 Å². The first-order valence-corrected chi connectivity index (χ1v) is 6.66. The quantitative estimate of drug-likeness (QED) is 0.864. The van der Waals surface area contributed by atoms with Gasteiger partial charge in [0.15, 0.2) is 0 Å². The molecule has 0 fully saturated rings. The van der Waals surface area contributed by atoms with Crippen molar-refractivity contribution in [2.75, 3.05) is 0 Å². The van der Waals surface area contributed by atoms with Crippen molar-refractivity contribution in [3.8, 4) is 0 Å². The van der Waals surface area contributed by atoms with Crippen LogP contribution >= 0.6 is 11.6 Å². The third-order valence-electron chi connectivity index (χ3n) is 3.78. The van der Waals surface area contributed by atoms with Crippen molar-refractivity contribution in [1.29, 1.82) is 0 Å². The zero-order chi connectivity index (χ0) is 12.0. The molecule has 1 aliphatic heterocycles. The maximum atomic E-state index is 6.27. The molecule has 2 N–H and O–H groups in total. The van der Waals surface area contributed by atoms with Crippen molar-refractivity contribution in [2.24, 2.45) is 5.73 Å².